The maximum absolute atomic E-state index is 9.86. The first kappa shape index (κ1) is 18.5. The number of aliphatic hydroxyl groups excluding tert-OH is 1. The Hall–Kier alpha value is -0.510. The zero-order valence-corrected chi connectivity index (χ0v) is 14.4. The molecule has 0 fully saturated rings. The third-order valence-corrected chi connectivity index (χ3v) is 4.97. The van der Waals surface area contributed by atoms with Crippen molar-refractivity contribution in [3.8, 4) is 0 Å². The Morgan fingerprint density at radius 2 is 1.86 bits per heavy atom. The van der Waals surface area contributed by atoms with Crippen LogP contribution in [0.4, 0.5) is 0 Å². The van der Waals surface area contributed by atoms with Gasteiger partial charge in [0.1, 0.15) is 0 Å². The van der Waals surface area contributed by atoms with E-state index in [0.29, 0.717) is 19.4 Å². The molecule has 0 aromatic heterocycles. The Balaban J connectivity index is 2.51. The minimum Gasteiger partial charge on any atom is -0.393 e. The molecule has 1 unspecified atom stereocenters. The van der Waals surface area contributed by atoms with E-state index in [1.165, 1.54) is 41.9 Å². The van der Waals surface area contributed by atoms with E-state index in [2.05, 4.69) is 38.1 Å². The van der Waals surface area contributed by atoms with Gasteiger partial charge in [0, 0.05) is 10.6 Å². The van der Waals surface area contributed by atoms with E-state index in [4.69, 9.17) is 5.73 Å². The Kier molecular flexibility index (Phi) is 9.81. The second-order valence-corrected chi connectivity index (χ2v) is 6.93. The van der Waals surface area contributed by atoms with Crippen LogP contribution >= 0.6 is 11.8 Å². The SMILES string of the molecule is CCCC(CCC)CSc1cccc(CC(O)CCN)c1. The summed E-state index contributed by atoms with van der Waals surface area (Å²) in [5.74, 6) is 2.03. The monoisotopic (exact) mass is 309 g/mol. The fourth-order valence-electron chi connectivity index (χ4n) is 2.67. The van der Waals surface area contributed by atoms with Crippen molar-refractivity contribution in [1.29, 1.82) is 0 Å². The van der Waals surface area contributed by atoms with Crippen LogP contribution in [0.1, 0.15) is 51.5 Å². The van der Waals surface area contributed by atoms with Crippen LogP contribution in [0.3, 0.4) is 0 Å². The second-order valence-electron chi connectivity index (χ2n) is 5.84. The first-order valence-corrected chi connectivity index (χ1v) is 9.28. The topological polar surface area (TPSA) is 46.2 Å². The lowest BCUT2D eigenvalue weighted by molar-refractivity contribution is 0.167. The molecule has 0 aliphatic heterocycles. The fourth-order valence-corrected chi connectivity index (χ4v) is 3.84. The summed E-state index contributed by atoms with van der Waals surface area (Å²) in [6.07, 6.45) is 6.27. The van der Waals surface area contributed by atoms with Crippen LogP contribution in [-0.2, 0) is 6.42 Å². The Morgan fingerprint density at radius 3 is 2.48 bits per heavy atom. The predicted molar refractivity (Wildman–Crippen MR) is 93.9 cm³/mol. The molecule has 1 aromatic carbocycles. The van der Waals surface area contributed by atoms with E-state index in [1.807, 2.05) is 11.8 Å². The molecule has 0 spiro atoms. The van der Waals surface area contributed by atoms with Gasteiger partial charge in [-0.25, -0.2) is 0 Å². The molecule has 0 saturated carbocycles. The Bertz CT molecular complexity index is 377. The molecule has 1 atom stereocenters. The van der Waals surface area contributed by atoms with E-state index >= 15 is 0 Å². The lowest BCUT2D eigenvalue weighted by Crippen LogP contribution is -2.15. The minimum atomic E-state index is -0.316. The van der Waals surface area contributed by atoms with Gasteiger partial charge in [0.2, 0.25) is 0 Å². The van der Waals surface area contributed by atoms with Crippen LogP contribution in [0, 0.1) is 5.92 Å². The van der Waals surface area contributed by atoms with Gasteiger partial charge in [-0.1, -0.05) is 38.8 Å². The smallest absolute Gasteiger partial charge is 0.0592 e. The summed E-state index contributed by atoms with van der Waals surface area (Å²) in [5.41, 5.74) is 6.70. The average molecular weight is 310 g/mol. The summed E-state index contributed by atoms with van der Waals surface area (Å²) >= 11 is 1.96. The molecule has 120 valence electrons. The van der Waals surface area contributed by atoms with Crippen molar-refractivity contribution in [2.24, 2.45) is 11.7 Å². The molecule has 21 heavy (non-hydrogen) atoms. The van der Waals surface area contributed by atoms with Crippen molar-refractivity contribution in [1.82, 2.24) is 0 Å². The van der Waals surface area contributed by atoms with Gasteiger partial charge in [-0.05, 0) is 55.8 Å². The highest BCUT2D eigenvalue weighted by molar-refractivity contribution is 7.99. The fraction of sp³-hybridized carbons (Fsp3) is 0.667. The Labute approximate surface area is 134 Å². The largest absolute Gasteiger partial charge is 0.393 e. The lowest BCUT2D eigenvalue weighted by Gasteiger charge is -2.15. The van der Waals surface area contributed by atoms with E-state index in [-0.39, 0.29) is 6.10 Å². The van der Waals surface area contributed by atoms with E-state index < -0.39 is 0 Å². The van der Waals surface area contributed by atoms with Crippen molar-refractivity contribution in [3.63, 3.8) is 0 Å². The van der Waals surface area contributed by atoms with Gasteiger partial charge in [0.25, 0.3) is 0 Å². The van der Waals surface area contributed by atoms with Gasteiger partial charge in [0.05, 0.1) is 6.10 Å². The predicted octanol–water partition coefficient (Wildman–Crippen LogP) is 4.25. The van der Waals surface area contributed by atoms with Crippen LogP contribution in [0.5, 0.6) is 0 Å². The van der Waals surface area contributed by atoms with Gasteiger partial charge >= 0.3 is 0 Å². The van der Waals surface area contributed by atoms with Crippen molar-refractivity contribution in [2.75, 3.05) is 12.3 Å². The summed E-state index contributed by atoms with van der Waals surface area (Å²) in [4.78, 5) is 1.32. The van der Waals surface area contributed by atoms with Crippen LogP contribution in [0.25, 0.3) is 0 Å². The summed E-state index contributed by atoms with van der Waals surface area (Å²) in [6.45, 7) is 5.09. The van der Waals surface area contributed by atoms with Crippen LogP contribution in [0.15, 0.2) is 29.2 Å². The number of hydrogen-bond acceptors (Lipinski definition) is 3. The maximum Gasteiger partial charge on any atom is 0.0592 e. The molecule has 2 nitrogen and oxygen atoms in total. The number of rotatable bonds is 11. The molecule has 0 radical (unpaired) electrons. The standard InChI is InChI=1S/C18H31NOS/c1-3-6-15(7-4-2)14-21-18-9-5-8-16(13-18)12-17(20)10-11-19/h5,8-9,13,15,17,20H,3-4,6-7,10-12,14,19H2,1-2H3. The number of hydrogen-bond donors (Lipinski definition) is 2. The van der Waals surface area contributed by atoms with E-state index in [9.17, 15) is 5.11 Å². The maximum atomic E-state index is 9.86. The summed E-state index contributed by atoms with van der Waals surface area (Å²) in [5, 5.41) is 9.86. The van der Waals surface area contributed by atoms with Crippen molar-refractivity contribution < 1.29 is 5.11 Å². The first-order valence-electron chi connectivity index (χ1n) is 8.29. The first-order chi connectivity index (χ1) is 10.2. The average Bonchev–Trinajstić information content (AvgIpc) is 2.46. The molecule has 0 saturated heterocycles. The molecule has 0 aliphatic carbocycles. The normalized spacial score (nSPS) is 12.8. The molecule has 1 rings (SSSR count). The van der Waals surface area contributed by atoms with Crippen LogP contribution in [-0.4, -0.2) is 23.5 Å². The molecule has 0 heterocycles. The lowest BCUT2D eigenvalue weighted by atomic mass is 10.0. The van der Waals surface area contributed by atoms with Crippen molar-refractivity contribution in [2.45, 2.75) is 63.4 Å². The van der Waals surface area contributed by atoms with E-state index in [1.54, 1.807) is 0 Å². The molecular formula is C18H31NOS. The molecular weight excluding hydrogens is 278 g/mol. The quantitative estimate of drug-likeness (QED) is 0.601. The summed E-state index contributed by atoms with van der Waals surface area (Å²) < 4.78 is 0. The summed E-state index contributed by atoms with van der Waals surface area (Å²) in [7, 11) is 0. The third-order valence-electron chi connectivity index (χ3n) is 3.75. The van der Waals surface area contributed by atoms with Gasteiger partial charge in [0.15, 0.2) is 0 Å². The number of thioether (sulfide) groups is 1. The molecule has 0 bridgehead atoms. The van der Waals surface area contributed by atoms with Crippen molar-refractivity contribution in [3.05, 3.63) is 29.8 Å². The number of aliphatic hydroxyl groups is 1. The minimum absolute atomic E-state index is 0.316. The van der Waals surface area contributed by atoms with Gasteiger partial charge in [-0.15, -0.1) is 11.8 Å². The van der Waals surface area contributed by atoms with Crippen LogP contribution < -0.4 is 5.73 Å². The number of benzene rings is 1. The number of nitrogens with two attached hydrogens (primary N) is 1. The van der Waals surface area contributed by atoms with Crippen molar-refractivity contribution >= 4 is 11.8 Å². The molecule has 3 N–H and O–H groups in total. The highest BCUT2D eigenvalue weighted by atomic mass is 32.2. The van der Waals surface area contributed by atoms with E-state index in [0.717, 1.165) is 5.92 Å². The zero-order valence-electron chi connectivity index (χ0n) is 13.6. The van der Waals surface area contributed by atoms with Gasteiger partial charge in [-0.2, -0.15) is 0 Å². The molecule has 0 amide bonds. The highest BCUT2D eigenvalue weighted by Gasteiger charge is 2.09. The second kappa shape index (κ2) is 11.1. The third kappa shape index (κ3) is 7.89. The van der Waals surface area contributed by atoms with Gasteiger partial charge in [-0.3, -0.25) is 0 Å². The van der Waals surface area contributed by atoms with Gasteiger partial charge < -0.3 is 10.8 Å². The highest BCUT2D eigenvalue weighted by Crippen LogP contribution is 2.26. The molecule has 3 heteroatoms. The zero-order chi connectivity index (χ0) is 15.5. The summed E-state index contributed by atoms with van der Waals surface area (Å²) in [6, 6.07) is 8.60. The Morgan fingerprint density at radius 1 is 1.14 bits per heavy atom. The van der Waals surface area contributed by atoms with Crippen LogP contribution in [0.2, 0.25) is 0 Å². The molecule has 0 aliphatic rings. The molecule has 1 aromatic rings.